The second-order valence-electron chi connectivity index (χ2n) is 8.77. The van der Waals surface area contributed by atoms with E-state index < -0.39 is 5.92 Å². The molecule has 3 amide bonds. The van der Waals surface area contributed by atoms with Gasteiger partial charge in [0.15, 0.2) is 0 Å². The second-order valence-corrected chi connectivity index (χ2v) is 9.80. The average molecular weight is 494 g/mol. The number of carbonyl (C=O) groups is 3. The van der Waals surface area contributed by atoms with E-state index in [9.17, 15) is 14.4 Å². The molecule has 0 saturated carbocycles. The van der Waals surface area contributed by atoms with Crippen LogP contribution in [-0.4, -0.2) is 60.4 Å². The molecule has 0 spiro atoms. The first-order chi connectivity index (χ1) is 17.0. The predicted octanol–water partition coefficient (Wildman–Crippen LogP) is 3.78. The summed E-state index contributed by atoms with van der Waals surface area (Å²) >= 11 is 1.40. The van der Waals surface area contributed by atoms with Crippen molar-refractivity contribution in [2.75, 3.05) is 38.2 Å². The highest BCUT2D eigenvalue weighted by Crippen LogP contribution is 2.41. The summed E-state index contributed by atoms with van der Waals surface area (Å²) in [6.45, 7) is 4.60. The number of benzene rings is 1. The number of hydrogen-bond acceptors (Lipinski definition) is 6. The molecule has 2 aliphatic heterocycles. The Morgan fingerprint density at radius 1 is 1.11 bits per heavy atom. The van der Waals surface area contributed by atoms with Gasteiger partial charge in [0.05, 0.1) is 37.5 Å². The number of rotatable bonds is 6. The van der Waals surface area contributed by atoms with Gasteiger partial charge in [0, 0.05) is 30.9 Å². The summed E-state index contributed by atoms with van der Waals surface area (Å²) in [5.41, 5.74) is 2.35. The number of ether oxygens (including phenoxy) is 1. The number of anilines is 1. The summed E-state index contributed by atoms with van der Waals surface area (Å²) in [7, 11) is 0. The number of likely N-dealkylation sites (tertiary alicyclic amines) is 1. The maximum atomic E-state index is 13.5. The predicted molar refractivity (Wildman–Crippen MR) is 132 cm³/mol. The van der Waals surface area contributed by atoms with E-state index in [2.05, 4.69) is 5.32 Å². The van der Waals surface area contributed by atoms with Gasteiger partial charge in [0.2, 0.25) is 11.8 Å². The van der Waals surface area contributed by atoms with Crippen molar-refractivity contribution in [1.82, 2.24) is 9.80 Å². The molecule has 1 N–H and O–H groups in total. The van der Waals surface area contributed by atoms with Crippen LogP contribution in [0.3, 0.4) is 0 Å². The molecule has 0 radical (unpaired) electrons. The Labute approximate surface area is 207 Å². The van der Waals surface area contributed by atoms with Crippen LogP contribution in [0, 0.1) is 12.8 Å². The number of furan rings is 1. The lowest BCUT2D eigenvalue weighted by atomic mass is 10.0. The van der Waals surface area contributed by atoms with Gasteiger partial charge in [0.1, 0.15) is 10.8 Å². The molecule has 1 aromatic carbocycles. The highest BCUT2D eigenvalue weighted by atomic mass is 32.1. The smallest absolute Gasteiger partial charge is 0.257 e. The van der Waals surface area contributed by atoms with Gasteiger partial charge in [-0.05, 0) is 30.2 Å². The van der Waals surface area contributed by atoms with Crippen LogP contribution in [0.1, 0.15) is 28.1 Å². The molecule has 1 atom stereocenters. The normalized spacial score (nSPS) is 18.2. The van der Waals surface area contributed by atoms with Gasteiger partial charge >= 0.3 is 0 Å². The van der Waals surface area contributed by atoms with Crippen molar-refractivity contribution in [3.05, 3.63) is 65.6 Å². The zero-order valence-electron chi connectivity index (χ0n) is 19.5. The van der Waals surface area contributed by atoms with Crippen molar-refractivity contribution in [3.8, 4) is 10.4 Å². The average Bonchev–Trinajstić information content (AvgIpc) is 3.60. The van der Waals surface area contributed by atoms with Gasteiger partial charge in [-0.3, -0.25) is 14.4 Å². The van der Waals surface area contributed by atoms with E-state index in [1.54, 1.807) is 22.1 Å². The van der Waals surface area contributed by atoms with Crippen molar-refractivity contribution in [2.45, 2.75) is 19.9 Å². The SMILES string of the molecule is Cc1c(-c2ccccc2)sc(NC(=O)C2CC(=O)N(Cc3ccco3)C2)c1C(=O)N1CCOCC1. The number of hydrogen-bond donors (Lipinski definition) is 1. The highest BCUT2D eigenvalue weighted by molar-refractivity contribution is 7.20. The van der Waals surface area contributed by atoms with Crippen molar-refractivity contribution < 1.29 is 23.5 Å². The number of nitrogens with one attached hydrogen (secondary N) is 1. The third kappa shape index (κ3) is 4.87. The van der Waals surface area contributed by atoms with Crippen LogP contribution in [0.5, 0.6) is 0 Å². The first-order valence-corrected chi connectivity index (χ1v) is 12.5. The second kappa shape index (κ2) is 10.1. The standard InChI is InChI=1S/C26H27N3O5S/c1-17-22(26(32)28-9-12-33-13-10-28)25(35-23(17)18-6-3-2-4-7-18)27-24(31)19-14-21(30)29(15-19)16-20-8-5-11-34-20/h2-8,11,19H,9-10,12-16H2,1H3,(H,27,31). The van der Waals surface area contributed by atoms with Gasteiger partial charge in [-0.2, -0.15) is 0 Å². The number of carbonyl (C=O) groups excluding carboxylic acids is 3. The largest absolute Gasteiger partial charge is 0.467 e. The molecule has 5 rings (SSSR count). The van der Waals surface area contributed by atoms with Crippen LogP contribution in [-0.2, 0) is 20.9 Å². The molecular formula is C26H27N3O5S. The van der Waals surface area contributed by atoms with Gasteiger partial charge < -0.3 is 24.3 Å². The van der Waals surface area contributed by atoms with Gasteiger partial charge in [-0.25, -0.2) is 0 Å². The zero-order chi connectivity index (χ0) is 24.4. The molecule has 0 aliphatic carbocycles. The van der Waals surface area contributed by atoms with Crippen LogP contribution >= 0.6 is 11.3 Å². The molecule has 8 nitrogen and oxygen atoms in total. The number of morpholine rings is 1. The molecule has 2 saturated heterocycles. The number of thiophene rings is 1. The van der Waals surface area contributed by atoms with E-state index in [1.807, 2.05) is 43.3 Å². The van der Waals surface area contributed by atoms with Gasteiger partial charge in [-0.15, -0.1) is 11.3 Å². The van der Waals surface area contributed by atoms with Gasteiger partial charge in [0.25, 0.3) is 5.91 Å². The molecule has 9 heteroatoms. The summed E-state index contributed by atoms with van der Waals surface area (Å²) in [4.78, 5) is 43.7. The van der Waals surface area contributed by atoms with Crippen LogP contribution in [0.25, 0.3) is 10.4 Å². The summed E-state index contributed by atoms with van der Waals surface area (Å²) in [6, 6.07) is 13.4. The monoisotopic (exact) mass is 493 g/mol. The summed E-state index contributed by atoms with van der Waals surface area (Å²) in [5.74, 6) is -0.261. The fourth-order valence-electron chi connectivity index (χ4n) is 4.55. The minimum Gasteiger partial charge on any atom is -0.467 e. The van der Waals surface area contributed by atoms with E-state index in [1.165, 1.54) is 11.3 Å². The fourth-order valence-corrected chi connectivity index (χ4v) is 5.76. The van der Waals surface area contributed by atoms with Crippen LogP contribution in [0.4, 0.5) is 5.00 Å². The Hall–Kier alpha value is -3.43. The lowest BCUT2D eigenvalue weighted by Crippen LogP contribution is -2.41. The van der Waals surface area contributed by atoms with E-state index in [4.69, 9.17) is 9.15 Å². The Morgan fingerprint density at radius 2 is 1.89 bits per heavy atom. The lowest BCUT2D eigenvalue weighted by molar-refractivity contribution is -0.128. The first-order valence-electron chi connectivity index (χ1n) is 11.7. The molecule has 182 valence electrons. The maximum Gasteiger partial charge on any atom is 0.257 e. The quantitative estimate of drug-likeness (QED) is 0.564. The Balaban J connectivity index is 1.39. The summed E-state index contributed by atoms with van der Waals surface area (Å²) in [6.07, 6.45) is 1.70. The topological polar surface area (TPSA) is 92.1 Å². The number of amides is 3. The molecule has 4 heterocycles. The third-order valence-corrected chi connectivity index (χ3v) is 7.70. The van der Waals surface area contributed by atoms with Crippen LogP contribution in [0.2, 0.25) is 0 Å². The fraction of sp³-hybridized carbons (Fsp3) is 0.346. The van der Waals surface area contributed by atoms with Crippen molar-refractivity contribution >= 4 is 34.1 Å². The minimum atomic E-state index is -0.494. The Bertz CT molecular complexity index is 1220. The van der Waals surface area contributed by atoms with Crippen LogP contribution in [0.15, 0.2) is 53.1 Å². The van der Waals surface area contributed by atoms with Gasteiger partial charge in [-0.1, -0.05) is 30.3 Å². The highest BCUT2D eigenvalue weighted by Gasteiger charge is 2.36. The molecule has 2 fully saturated rings. The maximum absolute atomic E-state index is 13.5. The number of nitrogens with zero attached hydrogens (tertiary/aromatic N) is 2. The van der Waals surface area contributed by atoms with E-state index >= 15 is 0 Å². The molecule has 0 bridgehead atoms. The molecule has 2 aromatic heterocycles. The van der Waals surface area contributed by atoms with Crippen molar-refractivity contribution in [2.24, 2.45) is 5.92 Å². The molecular weight excluding hydrogens is 466 g/mol. The van der Waals surface area contributed by atoms with Crippen molar-refractivity contribution in [1.29, 1.82) is 0 Å². The minimum absolute atomic E-state index is 0.0847. The summed E-state index contributed by atoms with van der Waals surface area (Å²) < 4.78 is 10.8. The van der Waals surface area contributed by atoms with E-state index in [0.29, 0.717) is 55.7 Å². The first kappa shape index (κ1) is 23.3. The summed E-state index contributed by atoms with van der Waals surface area (Å²) in [5, 5.41) is 3.53. The Morgan fingerprint density at radius 3 is 2.60 bits per heavy atom. The molecule has 1 unspecified atom stereocenters. The van der Waals surface area contributed by atoms with E-state index in [-0.39, 0.29) is 24.1 Å². The Kier molecular flexibility index (Phi) is 6.70. The lowest BCUT2D eigenvalue weighted by Gasteiger charge is -2.27. The molecule has 3 aromatic rings. The molecule has 35 heavy (non-hydrogen) atoms. The van der Waals surface area contributed by atoms with E-state index in [0.717, 1.165) is 16.0 Å². The molecule has 2 aliphatic rings. The van der Waals surface area contributed by atoms with Crippen LogP contribution < -0.4 is 5.32 Å². The third-order valence-electron chi connectivity index (χ3n) is 6.44. The van der Waals surface area contributed by atoms with Crippen molar-refractivity contribution in [3.63, 3.8) is 0 Å². The zero-order valence-corrected chi connectivity index (χ0v) is 20.3.